The number of ether oxygens (including phenoxy) is 1. The molecule has 20 heavy (non-hydrogen) atoms. The van der Waals surface area contributed by atoms with Gasteiger partial charge in [-0.2, -0.15) is 0 Å². The van der Waals surface area contributed by atoms with Gasteiger partial charge in [-0.05, 0) is 18.9 Å². The highest BCUT2D eigenvalue weighted by molar-refractivity contribution is 8.13. The van der Waals surface area contributed by atoms with Gasteiger partial charge in [0.25, 0.3) is 0 Å². The molecule has 0 N–H and O–H groups in total. The molecule has 1 aromatic heterocycles. The Hall–Kier alpha value is -1.56. The minimum absolute atomic E-state index is 0.0558. The Labute approximate surface area is 122 Å². The van der Waals surface area contributed by atoms with Crippen LogP contribution in [0.5, 0.6) is 5.75 Å². The summed E-state index contributed by atoms with van der Waals surface area (Å²) < 4.78 is 5.42. The summed E-state index contributed by atoms with van der Waals surface area (Å²) >= 11 is 1.28. The van der Waals surface area contributed by atoms with Crippen molar-refractivity contribution in [2.75, 3.05) is 23.8 Å². The van der Waals surface area contributed by atoms with Gasteiger partial charge in [-0.15, -0.1) is 0 Å². The Balaban J connectivity index is 2.03. The molecule has 1 aliphatic rings. The van der Waals surface area contributed by atoms with Crippen molar-refractivity contribution < 1.29 is 14.3 Å². The summed E-state index contributed by atoms with van der Waals surface area (Å²) in [5, 5.41) is 0.0902. The maximum Gasteiger partial charge on any atom is 0.228 e. The summed E-state index contributed by atoms with van der Waals surface area (Å²) in [4.78, 5) is 28.9. The van der Waals surface area contributed by atoms with Crippen LogP contribution in [-0.2, 0) is 9.59 Å². The Morgan fingerprint density at radius 3 is 3.10 bits per heavy atom. The number of rotatable bonds is 5. The molecule has 1 amide bonds. The summed E-state index contributed by atoms with van der Waals surface area (Å²) in [6.07, 6.45) is 2.12. The zero-order valence-corrected chi connectivity index (χ0v) is 12.5. The van der Waals surface area contributed by atoms with Crippen molar-refractivity contribution in [2.24, 2.45) is 5.92 Å². The van der Waals surface area contributed by atoms with E-state index in [0.717, 1.165) is 0 Å². The Morgan fingerprint density at radius 2 is 2.40 bits per heavy atom. The minimum Gasteiger partial charge on any atom is -0.494 e. The predicted molar refractivity (Wildman–Crippen MR) is 79.0 cm³/mol. The van der Waals surface area contributed by atoms with Gasteiger partial charge in [0.2, 0.25) is 5.91 Å². The molecular formula is C14H18N2O3S. The van der Waals surface area contributed by atoms with E-state index in [1.165, 1.54) is 11.8 Å². The average Bonchev–Trinajstić information content (AvgIpc) is 2.78. The molecule has 1 atom stereocenters. The van der Waals surface area contributed by atoms with E-state index in [0.29, 0.717) is 36.9 Å². The summed E-state index contributed by atoms with van der Waals surface area (Å²) in [6.45, 7) is 4.65. The molecule has 6 heteroatoms. The second kappa shape index (κ2) is 6.74. The molecule has 1 aliphatic heterocycles. The Kier molecular flexibility index (Phi) is 5.00. The third kappa shape index (κ3) is 3.72. The van der Waals surface area contributed by atoms with E-state index in [4.69, 9.17) is 4.74 Å². The molecule has 0 bridgehead atoms. The minimum atomic E-state index is 0.0558. The number of anilines is 1. The smallest absolute Gasteiger partial charge is 0.228 e. The summed E-state index contributed by atoms with van der Waals surface area (Å²) in [6, 6.07) is 3.55. The number of pyridine rings is 1. The third-order valence-corrected chi connectivity index (χ3v) is 4.08. The van der Waals surface area contributed by atoms with Gasteiger partial charge in [0.05, 0.1) is 6.61 Å². The first-order valence-electron chi connectivity index (χ1n) is 6.62. The van der Waals surface area contributed by atoms with Crippen molar-refractivity contribution >= 4 is 28.6 Å². The topological polar surface area (TPSA) is 59.5 Å². The fourth-order valence-electron chi connectivity index (χ4n) is 2.15. The first-order valence-corrected chi connectivity index (χ1v) is 7.61. The number of aromatic nitrogens is 1. The number of thioether (sulfide) groups is 1. The second-order valence-corrected chi connectivity index (χ2v) is 5.86. The number of nitrogens with zero attached hydrogens (tertiary/aromatic N) is 2. The van der Waals surface area contributed by atoms with Crippen molar-refractivity contribution in [1.82, 2.24) is 4.98 Å². The summed E-state index contributed by atoms with van der Waals surface area (Å²) in [7, 11) is 0. The molecule has 1 saturated heterocycles. The molecule has 1 aromatic rings. The number of carbonyl (C=O) groups excluding carboxylic acids is 2. The number of hydrogen-bond acceptors (Lipinski definition) is 5. The highest BCUT2D eigenvalue weighted by Gasteiger charge is 2.31. The van der Waals surface area contributed by atoms with Gasteiger partial charge < -0.3 is 4.74 Å². The molecular weight excluding hydrogens is 276 g/mol. The molecule has 1 fully saturated rings. The van der Waals surface area contributed by atoms with Crippen LogP contribution in [0.2, 0.25) is 0 Å². The van der Waals surface area contributed by atoms with Crippen LogP contribution >= 0.6 is 11.8 Å². The molecule has 2 heterocycles. The van der Waals surface area contributed by atoms with Crippen molar-refractivity contribution in [1.29, 1.82) is 0 Å². The Morgan fingerprint density at radius 1 is 1.60 bits per heavy atom. The van der Waals surface area contributed by atoms with Crippen LogP contribution in [0.1, 0.15) is 20.3 Å². The van der Waals surface area contributed by atoms with Gasteiger partial charge in [0.15, 0.2) is 5.12 Å². The van der Waals surface area contributed by atoms with Crippen molar-refractivity contribution in [3.63, 3.8) is 0 Å². The SMILES string of the molecule is CCOc1ccnc(N2CC(CSC(C)=O)CC2=O)c1. The quantitative estimate of drug-likeness (QED) is 0.832. The monoisotopic (exact) mass is 294 g/mol. The van der Waals surface area contributed by atoms with E-state index in [9.17, 15) is 9.59 Å². The molecule has 108 valence electrons. The van der Waals surface area contributed by atoms with E-state index in [-0.39, 0.29) is 16.9 Å². The van der Waals surface area contributed by atoms with Gasteiger partial charge in [-0.3, -0.25) is 14.5 Å². The fourth-order valence-corrected chi connectivity index (χ4v) is 2.85. The lowest BCUT2D eigenvalue weighted by atomic mass is 10.1. The number of hydrogen-bond donors (Lipinski definition) is 0. The van der Waals surface area contributed by atoms with Crippen LogP contribution in [-0.4, -0.2) is 34.9 Å². The largest absolute Gasteiger partial charge is 0.494 e. The number of amides is 1. The molecule has 0 radical (unpaired) electrons. The lowest BCUT2D eigenvalue weighted by Crippen LogP contribution is -2.25. The van der Waals surface area contributed by atoms with E-state index >= 15 is 0 Å². The molecule has 0 aromatic carbocycles. The van der Waals surface area contributed by atoms with Crippen LogP contribution in [0.25, 0.3) is 0 Å². The number of carbonyl (C=O) groups is 2. The lowest BCUT2D eigenvalue weighted by Gasteiger charge is -2.16. The van der Waals surface area contributed by atoms with Gasteiger partial charge in [0, 0.05) is 37.9 Å². The molecule has 0 aliphatic carbocycles. The van der Waals surface area contributed by atoms with E-state index in [2.05, 4.69) is 4.98 Å². The van der Waals surface area contributed by atoms with E-state index < -0.39 is 0 Å². The third-order valence-electron chi connectivity index (χ3n) is 3.03. The highest BCUT2D eigenvalue weighted by atomic mass is 32.2. The van der Waals surface area contributed by atoms with Gasteiger partial charge >= 0.3 is 0 Å². The van der Waals surface area contributed by atoms with Gasteiger partial charge in [-0.1, -0.05) is 11.8 Å². The van der Waals surface area contributed by atoms with Crippen molar-refractivity contribution in [2.45, 2.75) is 20.3 Å². The van der Waals surface area contributed by atoms with Crippen LogP contribution in [0.15, 0.2) is 18.3 Å². The fraction of sp³-hybridized carbons (Fsp3) is 0.500. The standard InChI is InChI=1S/C14H18N2O3S/c1-3-19-12-4-5-15-13(7-12)16-8-11(6-14(16)18)9-20-10(2)17/h4-5,7,11H,3,6,8-9H2,1-2H3. The van der Waals surface area contributed by atoms with E-state index in [1.54, 1.807) is 30.2 Å². The first-order chi connectivity index (χ1) is 9.60. The predicted octanol–water partition coefficient (Wildman–Crippen LogP) is 2.11. The molecule has 5 nitrogen and oxygen atoms in total. The zero-order chi connectivity index (χ0) is 14.5. The first kappa shape index (κ1) is 14.8. The normalized spacial score (nSPS) is 18.4. The van der Waals surface area contributed by atoms with Crippen molar-refractivity contribution in [3.05, 3.63) is 18.3 Å². The molecule has 2 rings (SSSR count). The van der Waals surface area contributed by atoms with Gasteiger partial charge in [-0.25, -0.2) is 4.98 Å². The van der Waals surface area contributed by atoms with Gasteiger partial charge in [0.1, 0.15) is 11.6 Å². The maximum absolute atomic E-state index is 12.0. The lowest BCUT2D eigenvalue weighted by molar-refractivity contribution is -0.117. The summed E-state index contributed by atoms with van der Waals surface area (Å²) in [5.41, 5.74) is 0. The zero-order valence-electron chi connectivity index (χ0n) is 11.7. The van der Waals surface area contributed by atoms with Crippen LogP contribution in [0, 0.1) is 5.92 Å². The van der Waals surface area contributed by atoms with Crippen LogP contribution < -0.4 is 9.64 Å². The van der Waals surface area contributed by atoms with Crippen molar-refractivity contribution in [3.8, 4) is 5.75 Å². The molecule has 0 saturated carbocycles. The molecule has 1 unspecified atom stereocenters. The summed E-state index contributed by atoms with van der Waals surface area (Å²) in [5.74, 6) is 2.28. The highest BCUT2D eigenvalue weighted by Crippen LogP contribution is 2.27. The Bertz CT molecular complexity index is 507. The molecule has 0 spiro atoms. The van der Waals surface area contributed by atoms with E-state index in [1.807, 2.05) is 6.92 Å². The van der Waals surface area contributed by atoms with Crippen LogP contribution in [0.4, 0.5) is 5.82 Å². The maximum atomic E-state index is 12.0. The average molecular weight is 294 g/mol. The van der Waals surface area contributed by atoms with Crippen LogP contribution in [0.3, 0.4) is 0 Å². The second-order valence-electron chi connectivity index (χ2n) is 4.66.